The first-order valence-electron chi connectivity index (χ1n) is 5.82. The highest BCUT2D eigenvalue weighted by molar-refractivity contribution is 5.85. The van der Waals surface area contributed by atoms with Gasteiger partial charge in [0.05, 0.1) is 0 Å². The minimum Gasteiger partial charge on any atom is -0.477 e. The molecule has 0 aliphatic carbocycles. The van der Waals surface area contributed by atoms with Gasteiger partial charge in [-0.1, -0.05) is 27.4 Å². The lowest BCUT2D eigenvalue weighted by Crippen LogP contribution is -2.60. The molecule has 0 bridgehead atoms. The maximum Gasteiger partial charge on any atom is 0.351 e. The summed E-state index contributed by atoms with van der Waals surface area (Å²) in [7, 11) is 0. The number of carboxylic acids is 1. The molecule has 3 heteroatoms. The second-order valence-electron chi connectivity index (χ2n) is 5.87. The van der Waals surface area contributed by atoms with E-state index in [-0.39, 0.29) is 16.7 Å². The third-order valence-corrected chi connectivity index (χ3v) is 4.84. The number of hydrogen-bond donors (Lipinski definition) is 1. The molecule has 0 amide bonds. The molecular weight excluding hydrogens is 202 g/mol. The van der Waals surface area contributed by atoms with E-state index in [2.05, 4.69) is 41.2 Å². The van der Waals surface area contributed by atoms with Crippen LogP contribution in [-0.2, 0) is 4.79 Å². The summed E-state index contributed by atoms with van der Waals surface area (Å²) in [5.74, 6) is -0.334. The van der Waals surface area contributed by atoms with Crippen molar-refractivity contribution < 1.29 is 9.90 Å². The number of rotatable bonds is 2. The van der Waals surface area contributed by atoms with Gasteiger partial charge in [-0.3, -0.25) is 0 Å². The van der Waals surface area contributed by atoms with Crippen molar-refractivity contribution in [3.8, 4) is 0 Å². The van der Waals surface area contributed by atoms with Crippen molar-refractivity contribution >= 4 is 5.97 Å². The highest BCUT2D eigenvalue weighted by Gasteiger charge is 2.49. The van der Waals surface area contributed by atoms with Crippen LogP contribution >= 0.6 is 0 Å². The largest absolute Gasteiger partial charge is 0.477 e. The van der Waals surface area contributed by atoms with Crippen molar-refractivity contribution in [1.82, 2.24) is 4.90 Å². The molecule has 92 valence electrons. The Labute approximate surface area is 98.1 Å². The van der Waals surface area contributed by atoms with Gasteiger partial charge < -0.3 is 10.0 Å². The van der Waals surface area contributed by atoms with Gasteiger partial charge in [0, 0.05) is 12.1 Å². The Morgan fingerprint density at radius 1 is 1.38 bits per heavy atom. The first-order valence-corrected chi connectivity index (χ1v) is 5.82. The van der Waals surface area contributed by atoms with Gasteiger partial charge in [-0.05, 0) is 31.6 Å². The topological polar surface area (TPSA) is 40.5 Å². The van der Waals surface area contributed by atoms with Crippen LogP contribution in [0.2, 0.25) is 0 Å². The number of nitrogens with zero attached hydrogens (tertiary/aromatic N) is 1. The second kappa shape index (κ2) is 3.79. The average Bonchev–Trinajstić information content (AvgIpc) is 2.14. The average molecular weight is 225 g/mol. The van der Waals surface area contributed by atoms with Gasteiger partial charge in [0.2, 0.25) is 0 Å². The standard InChI is InChI=1S/C13H23NO2/c1-9-7-8-14(10(2)11(15)16)13(5,6)12(9,3)4/h9H,2,7-8H2,1,3-6H3,(H,15,16). The summed E-state index contributed by atoms with van der Waals surface area (Å²) in [6, 6.07) is 0. The van der Waals surface area contributed by atoms with Crippen molar-refractivity contribution in [1.29, 1.82) is 0 Å². The number of carbonyl (C=O) groups is 1. The van der Waals surface area contributed by atoms with E-state index >= 15 is 0 Å². The van der Waals surface area contributed by atoms with Gasteiger partial charge >= 0.3 is 5.97 Å². The van der Waals surface area contributed by atoms with Crippen LogP contribution in [0.4, 0.5) is 0 Å². The van der Waals surface area contributed by atoms with Crippen LogP contribution in [0.1, 0.15) is 41.0 Å². The molecule has 1 fully saturated rings. The quantitative estimate of drug-likeness (QED) is 0.735. The van der Waals surface area contributed by atoms with Crippen molar-refractivity contribution in [3.05, 3.63) is 12.3 Å². The summed E-state index contributed by atoms with van der Waals surface area (Å²) < 4.78 is 0. The summed E-state index contributed by atoms with van der Waals surface area (Å²) in [5.41, 5.74) is 0.106. The normalized spacial score (nSPS) is 27.6. The minimum atomic E-state index is -0.918. The summed E-state index contributed by atoms with van der Waals surface area (Å²) in [5, 5.41) is 9.06. The van der Waals surface area contributed by atoms with Crippen LogP contribution in [0.15, 0.2) is 12.3 Å². The van der Waals surface area contributed by atoms with E-state index < -0.39 is 5.97 Å². The summed E-state index contributed by atoms with van der Waals surface area (Å²) >= 11 is 0. The van der Waals surface area contributed by atoms with Gasteiger partial charge in [-0.25, -0.2) is 4.79 Å². The molecule has 1 rings (SSSR count). The zero-order valence-corrected chi connectivity index (χ0v) is 11.0. The van der Waals surface area contributed by atoms with Gasteiger partial charge in [0.25, 0.3) is 0 Å². The maximum atomic E-state index is 11.0. The molecule has 3 nitrogen and oxygen atoms in total. The molecule has 1 atom stereocenters. The number of hydrogen-bond acceptors (Lipinski definition) is 2. The lowest BCUT2D eigenvalue weighted by Gasteiger charge is -2.57. The fourth-order valence-electron chi connectivity index (χ4n) is 2.50. The Balaban J connectivity index is 3.07. The predicted octanol–water partition coefficient (Wildman–Crippen LogP) is 2.73. The van der Waals surface area contributed by atoms with Crippen molar-refractivity contribution in [2.75, 3.05) is 6.54 Å². The molecule has 0 aromatic rings. The van der Waals surface area contributed by atoms with Gasteiger partial charge in [-0.2, -0.15) is 0 Å². The SMILES string of the molecule is C=C(C(=O)O)N1CCC(C)C(C)(C)C1(C)C. The summed E-state index contributed by atoms with van der Waals surface area (Å²) in [4.78, 5) is 13.0. The Bertz CT molecular complexity index is 318. The lowest BCUT2D eigenvalue weighted by atomic mass is 9.62. The monoisotopic (exact) mass is 225 g/mol. The third-order valence-electron chi connectivity index (χ3n) is 4.84. The third kappa shape index (κ3) is 1.72. The Morgan fingerprint density at radius 2 is 1.88 bits per heavy atom. The van der Waals surface area contributed by atoms with Crippen molar-refractivity contribution in [3.63, 3.8) is 0 Å². The van der Waals surface area contributed by atoms with Crippen LogP contribution in [0.3, 0.4) is 0 Å². The van der Waals surface area contributed by atoms with Crippen LogP contribution in [0.25, 0.3) is 0 Å². The first kappa shape index (κ1) is 13.1. The Hall–Kier alpha value is -0.990. The van der Waals surface area contributed by atoms with Gasteiger partial charge in [-0.15, -0.1) is 0 Å². The van der Waals surface area contributed by atoms with Crippen molar-refractivity contribution in [2.45, 2.75) is 46.6 Å². The van der Waals surface area contributed by atoms with Crippen LogP contribution in [0, 0.1) is 11.3 Å². The van der Waals surface area contributed by atoms with Gasteiger partial charge in [0.15, 0.2) is 0 Å². The number of carboxylic acid groups (broad SMARTS) is 1. The van der Waals surface area contributed by atoms with E-state index in [4.69, 9.17) is 5.11 Å². The molecule has 1 aliphatic rings. The molecule has 1 heterocycles. The zero-order chi connectivity index (χ0) is 12.7. The van der Waals surface area contributed by atoms with Crippen LogP contribution in [0.5, 0.6) is 0 Å². The van der Waals surface area contributed by atoms with E-state index in [9.17, 15) is 4.79 Å². The Morgan fingerprint density at radius 3 is 2.31 bits per heavy atom. The first-order chi connectivity index (χ1) is 7.12. The zero-order valence-electron chi connectivity index (χ0n) is 11.0. The maximum absolute atomic E-state index is 11.0. The van der Waals surface area contributed by atoms with E-state index in [0.717, 1.165) is 13.0 Å². The van der Waals surface area contributed by atoms with E-state index in [1.807, 2.05) is 4.90 Å². The molecule has 0 aromatic heterocycles. The second-order valence-corrected chi connectivity index (χ2v) is 5.87. The molecule has 1 aliphatic heterocycles. The fourth-order valence-corrected chi connectivity index (χ4v) is 2.50. The lowest BCUT2D eigenvalue weighted by molar-refractivity contribution is -0.138. The molecule has 1 saturated heterocycles. The van der Waals surface area contributed by atoms with Crippen LogP contribution in [-0.4, -0.2) is 28.1 Å². The number of aliphatic carboxylic acids is 1. The number of likely N-dealkylation sites (tertiary alicyclic amines) is 1. The molecule has 0 saturated carbocycles. The smallest absolute Gasteiger partial charge is 0.351 e. The molecule has 1 unspecified atom stereocenters. The van der Waals surface area contributed by atoms with E-state index in [1.165, 1.54) is 0 Å². The molecule has 16 heavy (non-hydrogen) atoms. The molecule has 0 spiro atoms. The van der Waals surface area contributed by atoms with Gasteiger partial charge in [0.1, 0.15) is 5.70 Å². The van der Waals surface area contributed by atoms with Crippen molar-refractivity contribution in [2.24, 2.45) is 11.3 Å². The fraction of sp³-hybridized carbons (Fsp3) is 0.769. The van der Waals surface area contributed by atoms with Crippen LogP contribution < -0.4 is 0 Å². The number of piperidine rings is 1. The summed E-state index contributed by atoms with van der Waals surface area (Å²) in [6.07, 6.45) is 1.02. The predicted molar refractivity (Wildman–Crippen MR) is 65.1 cm³/mol. The molecule has 0 radical (unpaired) electrons. The minimum absolute atomic E-state index is 0.0731. The highest BCUT2D eigenvalue weighted by Crippen LogP contribution is 2.48. The molecule has 1 N–H and O–H groups in total. The molecule has 0 aromatic carbocycles. The molecular formula is C13H23NO2. The van der Waals surface area contributed by atoms with E-state index in [0.29, 0.717) is 5.92 Å². The summed E-state index contributed by atoms with van der Waals surface area (Å²) in [6.45, 7) is 15.3. The Kier molecular flexibility index (Phi) is 3.10. The van der Waals surface area contributed by atoms with E-state index in [1.54, 1.807) is 0 Å². The highest BCUT2D eigenvalue weighted by atomic mass is 16.4.